The van der Waals surface area contributed by atoms with Gasteiger partial charge in [-0.25, -0.2) is 4.98 Å². The van der Waals surface area contributed by atoms with E-state index in [1.807, 2.05) is 25.1 Å². The predicted molar refractivity (Wildman–Crippen MR) is 82.1 cm³/mol. The fourth-order valence-corrected chi connectivity index (χ4v) is 2.99. The molecule has 0 radical (unpaired) electrons. The summed E-state index contributed by atoms with van der Waals surface area (Å²) < 4.78 is 2.77. The van der Waals surface area contributed by atoms with Gasteiger partial charge in [-0.1, -0.05) is 0 Å². The van der Waals surface area contributed by atoms with E-state index in [1.165, 1.54) is 0 Å². The summed E-state index contributed by atoms with van der Waals surface area (Å²) >= 11 is 1.61. The van der Waals surface area contributed by atoms with Crippen molar-refractivity contribution in [1.82, 2.24) is 9.55 Å². The quantitative estimate of drug-likeness (QED) is 0.760. The topological polar surface area (TPSA) is 72.9 Å². The van der Waals surface area contributed by atoms with Gasteiger partial charge in [0.1, 0.15) is 5.69 Å². The molecule has 0 bridgehead atoms. The summed E-state index contributed by atoms with van der Waals surface area (Å²) in [6.45, 7) is 1.97. The summed E-state index contributed by atoms with van der Waals surface area (Å²) in [6, 6.07) is 7.36. The third-order valence-corrected chi connectivity index (χ3v) is 3.95. The second-order valence-electron chi connectivity index (χ2n) is 4.64. The molecule has 0 fully saturated rings. The Morgan fingerprint density at radius 1 is 1.40 bits per heavy atom. The average Bonchev–Trinajstić information content (AvgIpc) is 2.90. The first-order chi connectivity index (χ1) is 9.52. The standard InChI is InChI=1S/C14H14N4OS/c1-8-16-11-4-3-10(6-13(11)20-8)17-14(19)12-5-9(15)7-18(12)2/h3-7H,15H2,1-2H3,(H,17,19). The van der Waals surface area contributed by atoms with E-state index in [-0.39, 0.29) is 5.91 Å². The number of thiazole rings is 1. The van der Waals surface area contributed by atoms with Crippen LogP contribution in [0.2, 0.25) is 0 Å². The van der Waals surface area contributed by atoms with Gasteiger partial charge >= 0.3 is 0 Å². The van der Waals surface area contributed by atoms with Gasteiger partial charge in [-0.3, -0.25) is 4.79 Å². The van der Waals surface area contributed by atoms with Gasteiger partial charge in [0.25, 0.3) is 5.91 Å². The molecule has 0 aliphatic heterocycles. The number of fused-ring (bicyclic) bond motifs is 1. The first-order valence-electron chi connectivity index (χ1n) is 6.13. The highest BCUT2D eigenvalue weighted by Gasteiger charge is 2.11. The van der Waals surface area contributed by atoms with Gasteiger partial charge in [0.2, 0.25) is 0 Å². The Morgan fingerprint density at radius 2 is 2.20 bits per heavy atom. The number of amides is 1. The Bertz CT molecular complexity index is 803. The Kier molecular flexibility index (Phi) is 2.94. The lowest BCUT2D eigenvalue weighted by molar-refractivity contribution is 0.101. The summed E-state index contributed by atoms with van der Waals surface area (Å²) in [7, 11) is 1.79. The minimum Gasteiger partial charge on any atom is -0.397 e. The predicted octanol–water partition coefficient (Wildman–Crippen LogP) is 2.78. The van der Waals surface area contributed by atoms with Crippen LogP contribution in [0.15, 0.2) is 30.5 Å². The number of nitrogens with two attached hydrogens (primary N) is 1. The molecule has 3 rings (SSSR count). The van der Waals surface area contributed by atoms with Crippen molar-refractivity contribution in [2.75, 3.05) is 11.1 Å². The first-order valence-corrected chi connectivity index (χ1v) is 6.95. The monoisotopic (exact) mass is 286 g/mol. The van der Waals surface area contributed by atoms with Gasteiger partial charge in [0.05, 0.1) is 20.9 Å². The van der Waals surface area contributed by atoms with Crippen LogP contribution in [-0.2, 0) is 7.05 Å². The largest absolute Gasteiger partial charge is 0.397 e. The molecular weight excluding hydrogens is 272 g/mol. The number of carbonyl (C=O) groups is 1. The zero-order valence-corrected chi connectivity index (χ0v) is 12.0. The Balaban J connectivity index is 1.88. The SMILES string of the molecule is Cc1nc2ccc(NC(=O)c3cc(N)cn3C)cc2s1. The first kappa shape index (κ1) is 12.7. The fourth-order valence-electron chi connectivity index (χ4n) is 2.13. The maximum Gasteiger partial charge on any atom is 0.272 e. The van der Waals surface area contributed by atoms with Crippen molar-refractivity contribution in [2.24, 2.45) is 7.05 Å². The van der Waals surface area contributed by atoms with Crippen molar-refractivity contribution in [2.45, 2.75) is 6.92 Å². The Hall–Kier alpha value is -2.34. The molecule has 0 saturated carbocycles. The summed E-state index contributed by atoms with van der Waals surface area (Å²) in [5, 5.41) is 3.89. The zero-order chi connectivity index (χ0) is 14.3. The molecule has 2 heterocycles. The van der Waals surface area contributed by atoms with Crippen molar-refractivity contribution in [1.29, 1.82) is 0 Å². The zero-order valence-electron chi connectivity index (χ0n) is 11.2. The van der Waals surface area contributed by atoms with Gasteiger partial charge < -0.3 is 15.6 Å². The third-order valence-electron chi connectivity index (χ3n) is 3.01. The van der Waals surface area contributed by atoms with Crippen molar-refractivity contribution < 1.29 is 4.79 Å². The van der Waals surface area contributed by atoms with Crippen LogP contribution in [0.25, 0.3) is 10.2 Å². The minimum atomic E-state index is -0.176. The highest BCUT2D eigenvalue weighted by atomic mass is 32.1. The molecule has 0 unspecified atom stereocenters. The van der Waals surface area contributed by atoms with E-state index in [9.17, 15) is 4.79 Å². The van der Waals surface area contributed by atoms with Crippen molar-refractivity contribution in [3.8, 4) is 0 Å². The molecule has 5 nitrogen and oxygen atoms in total. The smallest absolute Gasteiger partial charge is 0.272 e. The van der Waals surface area contributed by atoms with Crippen molar-refractivity contribution >= 4 is 38.8 Å². The van der Waals surface area contributed by atoms with Crippen LogP contribution in [0.4, 0.5) is 11.4 Å². The number of benzene rings is 1. The molecule has 102 valence electrons. The Labute approximate surface area is 120 Å². The lowest BCUT2D eigenvalue weighted by Gasteiger charge is -2.05. The number of hydrogen-bond donors (Lipinski definition) is 2. The molecule has 3 aromatic rings. The second kappa shape index (κ2) is 4.64. The summed E-state index contributed by atoms with van der Waals surface area (Å²) in [4.78, 5) is 16.6. The molecular formula is C14H14N4OS. The molecule has 3 N–H and O–H groups in total. The minimum absolute atomic E-state index is 0.176. The highest BCUT2D eigenvalue weighted by molar-refractivity contribution is 7.18. The number of nitrogen functional groups attached to an aromatic ring is 1. The van der Waals surface area contributed by atoms with E-state index >= 15 is 0 Å². The lowest BCUT2D eigenvalue weighted by Crippen LogP contribution is -2.15. The molecule has 6 heteroatoms. The number of anilines is 2. The molecule has 0 saturated heterocycles. The number of nitrogens with one attached hydrogen (secondary N) is 1. The van der Waals surface area contributed by atoms with E-state index in [0.29, 0.717) is 11.4 Å². The maximum atomic E-state index is 12.2. The molecule has 20 heavy (non-hydrogen) atoms. The number of aromatic nitrogens is 2. The fraction of sp³-hybridized carbons (Fsp3) is 0.143. The van der Waals surface area contributed by atoms with Gasteiger partial charge in [-0.15, -0.1) is 11.3 Å². The van der Waals surface area contributed by atoms with Crippen LogP contribution in [0.5, 0.6) is 0 Å². The van der Waals surface area contributed by atoms with Crippen LogP contribution in [0.1, 0.15) is 15.5 Å². The number of nitrogens with zero attached hydrogens (tertiary/aromatic N) is 2. The number of rotatable bonds is 2. The Morgan fingerprint density at radius 3 is 2.90 bits per heavy atom. The molecule has 0 atom stereocenters. The van der Waals surface area contributed by atoms with Crippen molar-refractivity contribution in [3.63, 3.8) is 0 Å². The van der Waals surface area contributed by atoms with Crippen LogP contribution in [0, 0.1) is 6.92 Å². The van der Waals surface area contributed by atoms with E-state index < -0.39 is 0 Å². The van der Waals surface area contributed by atoms with Crippen molar-refractivity contribution in [3.05, 3.63) is 41.2 Å². The molecule has 1 aromatic carbocycles. The number of aryl methyl sites for hydroxylation is 2. The summed E-state index contributed by atoms with van der Waals surface area (Å²) in [6.07, 6.45) is 1.71. The summed E-state index contributed by atoms with van der Waals surface area (Å²) in [5.41, 5.74) is 8.49. The summed E-state index contributed by atoms with van der Waals surface area (Å²) in [5.74, 6) is -0.176. The number of carbonyl (C=O) groups excluding carboxylic acids is 1. The molecule has 1 amide bonds. The average molecular weight is 286 g/mol. The van der Waals surface area contributed by atoms with Crippen LogP contribution in [-0.4, -0.2) is 15.5 Å². The van der Waals surface area contributed by atoms with Crippen LogP contribution in [0.3, 0.4) is 0 Å². The van der Waals surface area contributed by atoms with Crippen LogP contribution >= 0.6 is 11.3 Å². The number of hydrogen-bond acceptors (Lipinski definition) is 4. The molecule has 0 spiro atoms. The third kappa shape index (κ3) is 2.25. The molecule has 0 aliphatic rings. The van der Waals surface area contributed by atoms with Gasteiger partial charge in [-0.05, 0) is 31.2 Å². The van der Waals surface area contributed by atoms with E-state index in [1.54, 1.807) is 35.2 Å². The van der Waals surface area contributed by atoms with E-state index in [0.717, 1.165) is 20.9 Å². The second-order valence-corrected chi connectivity index (χ2v) is 5.87. The molecule has 0 aliphatic carbocycles. The van der Waals surface area contributed by atoms with Gasteiger partial charge in [0.15, 0.2) is 0 Å². The molecule has 2 aromatic heterocycles. The maximum absolute atomic E-state index is 12.2. The van der Waals surface area contributed by atoms with Gasteiger partial charge in [0, 0.05) is 18.9 Å². The van der Waals surface area contributed by atoms with Crippen LogP contribution < -0.4 is 11.1 Å². The highest BCUT2D eigenvalue weighted by Crippen LogP contribution is 2.25. The van der Waals surface area contributed by atoms with Gasteiger partial charge in [-0.2, -0.15) is 0 Å². The van der Waals surface area contributed by atoms with E-state index in [4.69, 9.17) is 5.73 Å². The lowest BCUT2D eigenvalue weighted by atomic mass is 10.3. The normalized spacial score (nSPS) is 10.9. The van der Waals surface area contributed by atoms with E-state index in [2.05, 4.69) is 10.3 Å².